The molecule has 2 aliphatic rings. The number of amides is 2. The van der Waals surface area contributed by atoms with E-state index < -0.39 is 11.7 Å². The maximum Gasteiger partial charge on any atom is 0.407 e. The van der Waals surface area contributed by atoms with Crippen molar-refractivity contribution in [3.8, 4) is 0 Å². The summed E-state index contributed by atoms with van der Waals surface area (Å²) < 4.78 is 7.07. The van der Waals surface area contributed by atoms with Gasteiger partial charge in [0.25, 0.3) is 0 Å². The summed E-state index contributed by atoms with van der Waals surface area (Å²) in [4.78, 5) is 28.5. The Labute approximate surface area is 215 Å². The second-order valence-corrected chi connectivity index (χ2v) is 10.3. The molecular formula is C27H31N7O3. The standard InChI is InChI=1S/C27H31N7O3/c1-16-18(12-24(35)30-16)11-19-15-29-34-23(32-21-9-10-21)13-22(33-25(19)34)31-20-7-5-17(6-8-20)14-28-26(36)37-27(2,3)4/h5-8,11,13,15,21,32H,1,9-10,12,14H2,2-4H3,(H,28,36)(H,30,35)(H,31,33)/b18-11+. The molecule has 10 nitrogen and oxygen atoms in total. The van der Waals surface area contributed by atoms with Gasteiger partial charge in [0.15, 0.2) is 5.65 Å². The van der Waals surface area contributed by atoms with Crippen LogP contribution in [0.25, 0.3) is 11.7 Å². The number of carbonyl (C=O) groups is 2. The molecule has 192 valence electrons. The Balaban J connectivity index is 1.35. The van der Waals surface area contributed by atoms with E-state index >= 15 is 0 Å². The first-order chi connectivity index (χ1) is 17.6. The minimum absolute atomic E-state index is 0.0659. The molecule has 1 aromatic carbocycles. The number of nitrogens with zero attached hydrogens (tertiary/aromatic N) is 3. The number of nitrogens with one attached hydrogen (secondary N) is 4. The fraction of sp³-hybridized carbons (Fsp3) is 0.333. The number of ether oxygens (including phenoxy) is 1. The molecule has 10 heteroatoms. The highest BCUT2D eigenvalue weighted by Crippen LogP contribution is 2.29. The lowest BCUT2D eigenvalue weighted by molar-refractivity contribution is -0.118. The maximum atomic E-state index is 11.9. The van der Waals surface area contributed by atoms with Crippen molar-refractivity contribution in [2.24, 2.45) is 0 Å². The lowest BCUT2D eigenvalue weighted by Gasteiger charge is -2.19. The number of carbonyl (C=O) groups excluding carboxylic acids is 2. The van der Waals surface area contributed by atoms with Gasteiger partial charge in [-0.3, -0.25) is 4.79 Å². The van der Waals surface area contributed by atoms with E-state index in [1.807, 2.05) is 57.2 Å². The van der Waals surface area contributed by atoms with Gasteiger partial charge < -0.3 is 26.0 Å². The van der Waals surface area contributed by atoms with E-state index in [9.17, 15) is 9.59 Å². The van der Waals surface area contributed by atoms with E-state index in [0.717, 1.165) is 41.0 Å². The normalized spacial score (nSPS) is 16.7. The zero-order chi connectivity index (χ0) is 26.2. The molecule has 1 saturated heterocycles. The average Bonchev–Trinajstić information content (AvgIpc) is 3.46. The minimum Gasteiger partial charge on any atom is -0.444 e. The molecular weight excluding hydrogens is 470 g/mol. The second-order valence-electron chi connectivity index (χ2n) is 10.3. The Hall–Kier alpha value is -4.34. The Morgan fingerprint density at radius 3 is 2.68 bits per heavy atom. The largest absolute Gasteiger partial charge is 0.444 e. The van der Waals surface area contributed by atoms with E-state index in [1.165, 1.54) is 0 Å². The van der Waals surface area contributed by atoms with E-state index in [4.69, 9.17) is 9.72 Å². The van der Waals surface area contributed by atoms with Crippen LogP contribution in [0.15, 0.2) is 54.4 Å². The van der Waals surface area contributed by atoms with Crippen LogP contribution in [0.1, 0.15) is 51.2 Å². The van der Waals surface area contributed by atoms with Crippen LogP contribution >= 0.6 is 0 Å². The first-order valence-electron chi connectivity index (χ1n) is 12.3. The Morgan fingerprint density at radius 2 is 2.03 bits per heavy atom. The Bertz CT molecular complexity index is 1400. The van der Waals surface area contributed by atoms with Gasteiger partial charge in [0.05, 0.1) is 12.6 Å². The quantitative estimate of drug-likeness (QED) is 0.376. The number of rotatable bonds is 7. The number of benzene rings is 1. The summed E-state index contributed by atoms with van der Waals surface area (Å²) in [6.45, 7) is 9.79. The molecule has 3 heterocycles. The van der Waals surface area contributed by atoms with Crippen molar-refractivity contribution in [1.29, 1.82) is 0 Å². The molecule has 1 saturated carbocycles. The molecule has 0 bridgehead atoms. The van der Waals surface area contributed by atoms with Crippen LogP contribution in [0.3, 0.4) is 0 Å². The van der Waals surface area contributed by atoms with Crippen molar-refractivity contribution in [2.75, 3.05) is 10.6 Å². The van der Waals surface area contributed by atoms with Gasteiger partial charge in [0, 0.05) is 35.6 Å². The molecule has 0 atom stereocenters. The number of hydrogen-bond acceptors (Lipinski definition) is 7. The summed E-state index contributed by atoms with van der Waals surface area (Å²) in [5.74, 6) is 1.44. The highest BCUT2D eigenvalue weighted by molar-refractivity contribution is 5.89. The topological polar surface area (TPSA) is 122 Å². The van der Waals surface area contributed by atoms with Crippen LogP contribution in [0.5, 0.6) is 0 Å². The molecule has 0 radical (unpaired) electrons. The van der Waals surface area contributed by atoms with Gasteiger partial charge >= 0.3 is 6.09 Å². The molecule has 2 fully saturated rings. The number of anilines is 3. The first-order valence-corrected chi connectivity index (χ1v) is 12.3. The van der Waals surface area contributed by atoms with Gasteiger partial charge in [-0.05, 0) is 63.0 Å². The average molecular weight is 502 g/mol. The first kappa shape index (κ1) is 24.4. The van der Waals surface area contributed by atoms with Crippen molar-refractivity contribution in [2.45, 2.75) is 58.2 Å². The molecule has 0 spiro atoms. The van der Waals surface area contributed by atoms with E-state index in [2.05, 4.69) is 32.9 Å². The SMILES string of the molecule is C=C1NC(=O)C/C1=C\c1cnn2c(NC3CC3)cc(Nc3ccc(CNC(=O)OC(C)(C)C)cc3)nc12. The van der Waals surface area contributed by atoms with Crippen molar-refractivity contribution in [1.82, 2.24) is 25.2 Å². The molecule has 1 aliphatic heterocycles. The van der Waals surface area contributed by atoms with Crippen molar-refractivity contribution < 1.29 is 14.3 Å². The molecule has 2 aromatic heterocycles. The number of aromatic nitrogens is 3. The smallest absolute Gasteiger partial charge is 0.407 e. The van der Waals surface area contributed by atoms with Gasteiger partial charge in [-0.25, -0.2) is 9.78 Å². The van der Waals surface area contributed by atoms with E-state index in [0.29, 0.717) is 29.7 Å². The molecule has 4 N–H and O–H groups in total. The zero-order valence-corrected chi connectivity index (χ0v) is 21.2. The third-order valence-electron chi connectivity index (χ3n) is 5.85. The van der Waals surface area contributed by atoms with E-state index in [-0.39, 0.29) is 12.3 Å². The predicted molar refractivity (Wildman–Crippen MR) is 142 cm³/mol. The Kier molecular flexibility index (Phi) is 6.32. The molecule has 37 heavy (non-hydrogen) atoms. The zero-order valence-electron chi connectivity index (χ0n) is 21.2. The van der Waals surface area contributed by atoms with Gasteiger partial charge in [-0.15, -0.1) is 0 Å². The van der Waals surface area contributed by atoms with Gasteiger partial charge in [-0.1, -0.05) is 18.7 Å². The van der Waals surface area contributed by atoms with Gasteiger partial charge in [0.1, 0.15) is 17.2 Å². The van der Waals surface area contributed by atoms with Crippen molar-refractivity contribution in [3.05, 3.63) is 65.5 Å². The van der Waals surface area contributed by atoms with Crippen LogP contribution in [0.2, 0.25) is 0 Å². The van der Waals surface area contributed by atoms with Crippen molar-refractivity contribution >= 4 is 41.0 Å². The summed E-state index contributed by atoms with van der Waals surface area (Å²) in [5, 5.41) is 16.9. The van der Waals surface area contributed by atoms with Crippen LogP contribution in [-0.4, -0.2) is 38.2 Å². The van der Waals surface area contributed by atoms with Crippen molar-refractivity contribution in [3.63, 3.8) is 0 Å². The molecule has 1 aliphatic carbocycles. The van der Waals surface area contributed by atoms with E-state index in [1.54, 1.807) is 10.7 Å². The van der Waals surface area contributed by atoms with Gasteiger partial charge in [0.2, 0.25) is 5.91 Å². The molecule has 3 aromatic rings. The molecule has 0 unspecified atom stereocenters. The molecule has 2 amide bonds. The van der Waals surface area contributed by atoms with Crippen LogP contribution < -0.4 is 21.3 Å². The highest BCUT2D eigenvalue weighted by Gasteiger charge is 2.24. The summed E-state index contributed by atoms with van der Waals surface area (Å²) in [6.07, 6.45) is 5.74. The third kappa shape index (κ3) is 6.08. The number of allylic oxidation sites excluding steroid dienone is 1. The second kappa shape index (κ2) is 9.61. The summed E-state index contributed by atoms with van der Waals surface area (Å²) in [7, 11) is 0. The number of alkyl carbamates (subject to hydrolysis) is 1. The summed E-state index contributed by atoms with van der Waals surface area (Å²) >= 11 is 0. The minimum atomic E-state index is -0.537. The maximum absolute atomic E-state index is 11.9. The molecule has 5 rings (SSSR count). The van der Waals surface area contributed by atoms with Gasteiger partial charge in [-0.2, -0.15) is 9.61 Å². The fourth-order valence-electron chi connectivity index (χ4n) is 3.93. The monoisotopic (exact) mass is 501 g/mol. The Morgan fingerprint density at radius 1 is 1.27 bits per heavy atom. The van der Waals surface area contributed by atoms with Crippen LogP contribution in [0.4, 0.5) is 22.1 Å². The summed E-state index contributed by atoms with van der Waals surface area (Å²) in [5.41, 5.74) is 4.17. The fourth-order valence-corrected chi connectivity index (χ4v) is 3.93. The summed E-state index contributed by atoms with van der Waals surface area (Å²) in [6, 6.07) is 10.1. The van der Waals surface area contributed by atoms with Crippen LogP contribution in [-0.2, 0) is 16.1 Å². The lowest BCUT2D eigenvalue weighted by atomic mass is 10.1. The predicted octanol–water partition coefficient (Wildman–Crippen LogP) is 4.49. The highest BCUT2D eigenvalue weighted by atomic mass is 16.6. The van der Waals surface area contributed by atoms with Crippen LogP contribution in [0, 0.1) is 0 Å². The number of hydrogen-bond donors (Lipinski definition) is 4. The number of fused-ring (bicyclic) bond motifs is 1. The lowest BCUT2D eigenvalue weighted by Crippen LogP contribution is -2.32. The third-order valence-corrected chi connectivity index (χ3v) is 5.85.